The van der Waals surface area contributed by atoms with E-state index in [0.29, 0.717) is 17.7 Å². The van der Waals surface area contributed by atoms with Crippen LogP contribution in [0.3, 0.4) is 0 Å². The Bertz CT molecular complexity index is 1300. The molecule has 0 heterocycles. The Morgan fingerprint density at radius 3 is 1.73 bits per heavy atom. The number of nitrogens with zero attached hydrogens (tertiary/aromatic N) is 1. The molecule has 1 atom stereocenters. The summed E-state index contributed by atoms with van der Waals surface area (Å²) >= 11 is 0. The van der Waals surface area contributed by atoms with Gasteiger partial charge in [0.1, 0.15) is 6.04 Å². The van der Waals surface area contributed by atoms with Crippen molar-refractivity contribution in [1.82, 2.24) is 0 Å². The van der Waals surface area contributed by atoms with Crippen molar-refractivity contribution in [2.24, 2.45) is 10.9 Å². The molecule has 214 valence electrons. The van der Waals surface area contributed by atoms with Gasteiger partial charge in [0.15, 0.2) is 0 Å². The maximum Gasteiger partial charge on any atom is 0.416 e. The van der Waals surface area contributed by atoms with E-state index in [1.807, 2.05) is 45.9 Å². The summed E-state index contributed by atoms with van der Waals surface area (Å²) in [4.78, 5) is 9.32. The highest BCUT2D eigenvalue weighted by Crippen LogP contribution is 2.39. The van der Waals surface area contributed by atoms with Gasteiger partial charge in [-0.3, -0.25) is 0 Å². The molecule has 10 heteroatoms. The minimum absolute atomic E-state index is 0.0471. The van der Waals surface area contributed by atoms with E-state index in [2.05, 4.69) is 16.9 Å². The van der Waals surface area contributed by atoms with Crippen molar-refractivity contribution in [2.75, 3.05) is 5.32 Å². The summed E-state index contributed by atoms with van der Waals surface area (Å²) in [7, 11) is 0. The molecule has 0 saturated carbocycles. The fraction of sp³-hybridized carbons (Fsp3) is 0.300. The van der Waals surface area contributed by atoms with E-state index in [-0.39, 0.29) is 29.5 Å². The van der Waals surface area contributed by atoms with Crippen LogP contribution in [-0.4, -0.2) is 5.90 Å². The van der Waals surface area contributed by atoms with Crippen molar-refractivity contribution in [3.05, 3.63) is 107 Å². The van der Waals surface area contributed by atoms with E-state index in [9.17, 15) is 26.3 Å². The molecule has 0 aromatic heterocycles. The number of hydrogen-bond donors (Lipinski definition) is 2. The minimum Gasteiger partial charge on any atom is -0.393 e. The zero-order valence-corrected chi connectivity index (χ0v) is 22.5. The molecule has 0 fully saturated rings. The molecule has 0 amide bonds. The fourth-order valence-corrected chi connectivity index (χ4v) is 4.27. The highest BCUT2D eigenvalue weighted by atomic mass is 19.4. The summed E-state index contributed by atoms with van der Waals surface area (Å²) in [5.74, 6) is 5.66. The Labute approximate surface area is 229 Å². The van der Waals surface area contributed by atoms with Gasteiger partial charge in [0, 0.05) is 11.3 Å². The predicted molar refractivity (Wildman–Crippen MR) is 146 cm³/mol. The van der Waals surface area contributed by atoms with Crippen molar-refractivity contribution in [2.45, 2.75) is 57.9 Å². The van der Waals surface area contributed by atoms with E-state index in [0.717, 1.165) is 16.8 Å². The van der Waals surface area contributed by atoms with Gasteiger partial charge in [-0.15, -0.1) is 0 Å². The standard InChI is InChI=1S/C30H31F6N3O/c1-17(2)24-12-9-13-25(18(3)4)27(24)39-26(20-10-7-6-8-11-20)28(40-37)38-19(5)21-14-22(29(31,32)33)16-23(15-21)30(34,35)36/h6-18,26,39H,5,37H2,1-4H3. The maximum absolute atomic E-state index is 13.4. The summed E-state index contributed by atoms with van der Waals surface area (Å²) < 4.78 is 80.6. The van der Waals surface area contributed by atoms with Gasteiger partial charge >= 0.3 is 12.4 Å². The lowest BCUT2D eigenvalue weighted by atomic mass is 9.91. The molecule has 0 aliphatic carbocycles. The summed E-state index contributed by atoms with van der Waals surface area (Å²) in [5, 5.41) is 3.44. The van der Waals surface area contributed by atoms with Gasteiger partial charge < -0.3 is 10.2 Å². The van der Waals surface area contributed by atoms with Crippen LogP contribution in [-0.2, 0) is 17.2 Å². The van der Waals surface area contributed by atoms with Crippen LogP contribution in [0.5, 0.6) is 0 Å². The molecule has 0 aliphatic rings. The van der Waals surface area contributed by atoms with Gasteiger partial charge in [-0.25, -0.2) is 4.99 Å². The third-order valence-corrected chi connectivity index (χ3v) is 6.33. The number of rotatable bonds is 8. The Morgan fingerprint density at radius 2 is 1.30 bits per heavy atom. The number of para-hydroxylation sites is 1. The summed E-state index contributed by atoms with van der Waals surface area (Å²) in [5.41, 5.74) is -0.383. The van der Waals surface area contributed by atoms with Crippen molar-refractivity contribution < 1.29 is 31.2 Å². The number of halogens is 6. The maximum atomic E-state index is 13.4. The van der Waals surface area contributed by atoms with E-state index in [1.165, 1.54) is 0 Å². The molecule has 3 aromatic rings. The minimum atomic E-state index is -5.02. The second kappa shape index (κ2) is 12.2. The fourth-order valence-electron chi connectivity index (χ4n) is 4.27. The lowest BCUT2D eigenvalue weighted by molar-refractivity contribution is -0.143. The molecule has 0 radical (unpaired) electrons. The first-order chi connectivity index (χ1) is 18.6. The number of benzene rings is 3. The van der Waals surface area contributed by atoms with Crippen LogP contribution in [0.4, 0.5) is 32.0 Å². The SMILES string of the molecule is C=C(N=C(ON)C(Nc1c(C(C)C)cccc1C(C)C)c1ccccc1)c1cc(C(F)(F)F)cc(C(F)(F)F)c1. The number of alkyl halides is 6. The molecule has 4 nitrogen and oxygen atoms in total. The number of aliphatic imine (C=N–C) groups is 1. The van der Waals surface area contributed by atoms with Crippen LogP contribution in [0.1, 0.15) is 79.0 Å². The molecule has 0 bridgehead atoms. The van der Waals surface area contributed by atoms with Crippen LogP contribution in [0.2, 0.25) is 0 Å². The van der Waals surface area contributed by atoms with Gasteiger partial charge in [-0.1, -0.05) is 82.8 Å². The summed E-state index contributed by atoms with van der Waals surface area (Å²) in [6.07, 6.45) is -10.0. The van der Waals surface area contributed by atoms with Gasteiger partial charge in [-0.05, 0) is 46.7 Å². The van der Waals surface area contributed by atoms with Crippen molar-refractivity contribution in [3.63, 3.8) is 0 Å². The van der Waals surface area contributed by atoms with E-state index >= 15 is 0 Å². The first-order valence-electron chi connectivity index (χ1n) is 12.5. The molecule has 3 aromatic carbocycles. The molecule has 3 rings (SSSR count). The smallest absolute Gasteiger partial charge is 0.393 e. The van der Waals surface area contributed by atoms with Gasteiger partial charge in [0.2, 0.25) is 5.90 Å². The zero-order valence-electron chi connectivity index (χ0n) is 22.5. The quantitative estimate of drug-likeness (QED) is 0.124. The topological polar surface area (TPSA) is 59.6 Å². The lowest BCUT2D eigenvalue weighted by Crippen LogP contribution is -2.27. The molecular formula is C30H31F6N3O. The van der Waals surface area contributed by atoms with Crippen molar-refractivity contribution in [3.8, 4) is 0 Å². The van der Waals surface area contributed by atoms with Gasteiger partial charge in [0.05, 0.1) is 16.8 Å². The number of nitrogens with one attached hydrogen (secondary N) is 1. The second-order valence-corrected chi connectivity index (χ2v) is 9.92. The lowest BCUT2D eigenvalue weighted by Gasteiger charge is -2.27. The highest BCUT2D eigenvalue weighted by molar-refractivity contribution is 5.91. The molecule has 3 N–H and O–H groups in total. The highest BCUT2D eigenvalue weighted by Gasteiger charge is 2.37. The Morgan fingerprint density at radius 1 is 0.800 bits per heavy atom. The van der Waals surface area contributed by atoms with Crippen LogP contribution in [0, 0.1) is 0 Å². The second-order valence-electron chi connectivity index (χ2n) is 9.92. The van der Waals surface area contributed by atoms with Crippen LogP contribution in [0.15, 0.2) is 78.3 Å². The first-order valence-corrected chi connectivity index (χ1v) is 12.5. The number of hydrogen-bond acceptors (Lipinski definition) is 4. The Kier molecular flexibility index (Phi) is 9.35. The third kappa shape index (κ3) is 7.24. The van der Waals surface area contributed by atoms with E-state index in [1.54, 1.807) is 30.3 Å². The van der Waals surface area contributed by atoms with Gasteiger partial charge in [-0.2, -0.15) is 32.2 Å². The van der Waals surface area contributed by atoms with Crippen molar-refractivity contribution in [1.29, 1.82) is 0 Å². The van der Waals surface area contributed by atoms with E-state index < -0.39 is 35.1 Å². The summed E-state index contributed by atoms with van der Waals surface area (Å²) in [6.45, 7) is 11.8. The molecule has 0 aliphatic heterocycles. The molecule has 40 heavy (non-hydrogen) atoms. The molecular weight excluding hydrogens is 532 g/mol. The number of nitrogens with two attached hydrogens (primary N) is 1. The average Bonchev–Trinajstić information content (AvgIpc) is 2.89. The summed E-state index contributed by atoms with van der Waals surface area (Å²) in [6, 6.07) is 15.1. The molecule has 0 saturated heterocycles. The first kappa shape index (κ1) is 30.7. The molecule has 0 spiro atoms. The largest absolute Gasteiger partial charge is 0.416 e. The van der Waals surface area contributed by atoms with Gasteiger partial charge in [0.25, 0.3) is 0 Å². The number of anilines is 1. The molecule has 1 unspecified atom stereocenters. The zero-order chi connectivity index (χ0) is 29.8. The van der Waals surface area contributed by atoms with Crippen LogP contribution in [0.25, 0.3) is 5.70 Å². The Hall–Kier alpha value is -3.79. The van der Waals surface area contributed by atoms with Crippen molar-refractivity contribution >= 4 is 17.3 Å². The third-order valence-electron chi connectivity index (χ3n) is 6.33. The monoisotopic (exact) mass is 563 g/mol. The normalized spacial score (nSPS) is 13.5. The predicted octanol–water partition coefficient (Wildman–Crippen LogP) is 9.08. The van der Waals surface area contributed by atoms with E-state index in [4.69, 9.17) is 10.7 Å². The Balaban J connectivity index is 2.18. The van der Waals surface area contributed by atoms with Crippen LogP contribution >= 0.6 is 0 Å². The van der Waals surface area contributed by atoms with Crippen LogP contribution < -0.4 is 11.2 Å². The average molecular weight is 564 g/mol.